The maximum Gasteiger partial charge on any atom is 0.316 e. The van der Waals surface area contributed by atoms with Crippen LogP contribution in [0.4, 0.5) is 0 Å². The van der Waals surface area contributed by atoms with Crippen LogP contribution >= 0.6 is 0 Å². The van der Waals surface area contributed by atoms with Crippen LogP contribution in [0.1, 0.15) is 51.7 Å². The Labute approximate surface area is 207 Å². The van der Waals surface area contributed by atoms with Gasteiger partial charge >= 0.3 is 11.9 Å². The van der Waals surface area contributed by atoms with Gasteiger partial charge in [-0.2, -0.15) is 0 Å². The molecule has 0 aliphatic carbocycles. The predicted molar refractivity (Wildman–Crippen MR) is 136 cm³/mol. The summed E-state index contributed by atoms with van der Waals surface area (Å²) in [5.41, 5.74) is 0.153. The van der Waals surface area contributed by atoms with E-state index >= 15 is 0 Å². The topological polar surface area (TPSA) is 97.7 Å². The van der Waals surface area contributed by atoms with Gasteiger partial charge in [0.05, 0.1) is 10.8 Å². The third-order valence-corrected chi connectivity index (χ3v) is 8.30. The number of aliphatic carboxylic acids is 1. The van der Waals surface area contributed by atoms with Crippen LogP contribution in [0.2, 0.25) is 0 Å². The fourth-order valence-electron chi connectivity index (χ4n) is 2.93. The number of ether oxygens (including phenoxy) is 1. The van der Waals surface area contributed by atoms with Crippen molar-refractivity contribution >= 4 is 33.5 Å². The second-order valence-corrected chi connectivity index (χ2v) is 12.8. The highest BCUT2D eigenvalue weighted by Crippen LogP contribution is 2.25. The molecule has 0 aromatic heterocycles. The highest BCUT2D eigenvalue weighted by Gasteiger charge is 2.30. The molecule has 0 bridgehead atoms. The highest BCUT2D eigenvalue weighted by molar-refractivity contribution is 7.84. The van der Waals surface area contributed by atoms with Crippen LogP contribution in [0.5, 0.6) is 5.75 Å². The van der Waals surface area contributed by atoms with Crippen LogP contribution in [0.25, 0.3) is 0 Å². The van der Waals surface area contributed by atoms with E-state index in [1.165, 1.54) is 0 Å². The molecule has 1 N–H and O–H groups in total. The zero-order chi connectivity index (χ0) is 25.4. The van der Waals surface area contributed by atoms with E-state index in [4.69, 9.17) is 9.84 Å². The van der Waals surface area contributed by atoms with Gasteiger partial charge in [0.15, 0.2) is 0 Å². The fourth-order valence-corrected chi connectivity index (χ4v) is 5.82. The van der Waals surface area contributed by atoms with Crippen molar-refractivity contribution in [3.05, 3.63) is 65.7 Å². The van der Waals surface area contributed by atoms with Crippen molar-refractivity contribution in [2.24, 2.45) is 10.8 Å². The molecule has 0 radical (unpaired) electrons. The fraction of sp³-hybridized carbons (Fsp3) is 0.462. The summed E-state index contributed by atoms with van der Waals surface area (Å²) in [5.74, 6) is 0.693. The molecular weight excluding hydrogens is 472 g/mol. The number of carboxylic acid groups (broad SMARTS) is 1. The first-order chi connectivity index (χ1) is 15.9. The van der Waals surface area contributed by atoms with Crippen molar-refractivity contribution < 1.29 is 27.9 Å². The predicted octanol–water partition coefficient (Wildman–Crippen LogP) is 4.71. The number of para-hydroxylation sites is 1. The number of carbonyl (C=O) groups is 2. The second kappa shape index (κ2) is 12.4. The Bertz CT molecular complexity index is 1010. The van der Waals surface area contributed by atoms with Gasteiger partial charge in [-0.1, -0.05) is 42.5 Å². The van der Waals surface area contributed by atoms with E-state index in [9.17, 15) is 18.0 Å². The smallest absolute Gasteiger partial charge is 0.316 e. The Kier molecular flexibility index (Phi) is 10.2. The van der Waals surface area contributed by atoms with Crippen LogP contribution in [-0.4, -0.2) is 37.0 Å². The Morgan fingerprint density at radius 1 is 0.765 bits per heavy atom. The lowest BCUT2D eigenvalue weighted by molar-refractivity contribution is -0.147. The molecule has 34 heavy (non-hydrogen) atoms. The van der Waals surface area contributed by atoms with Gasteiger partial charge in [0.2, 0.25) is 0 Å². The summed E-state index contributed by atoms with van der Waals surface area (Å²) in [6.07, 6.45) is 0.788. The van der Waals surface area contributed by atoms with Crippen LogP contribution in [0, 0.1) is 10.8 Å². The quantitative estimate of drug-likeness (QED) is 0.312. The summed E-state index contributed by atoms with van der Waals surface area (Å²) in [4.78, 5) is 23.7. The van der Waals surface area contributed by atoms with Crippen molar-refractivity contribution in [2.45, 2.75) is 52.0 Å². The summed E-state index contributed by atoms with van der Waals surface area (Å²) in [5, 5.41) is 9.17. The first-order valence-corrected chi connectivity index (χ1v) is 14.2. The highest BCUT2D eigenvalue weighted by atomic mass is 32.2. The van der Waals surface area contributed by atoms with Crippen LogP contribution in [0.3, 0.4) is 0 Å². The minimum Gasteiger partial charge on any atom is -0.481 e. The Hall–Kier alpha value is -2.32. The van der Waals surface area contributed by atoms with E-state index in [0.717, 1.165) is 11.1 Å². The number of carbonyl (C=O) groups excluding carboxylic acids is 1. The molecule has 0 heterocycles. The molecular formula is C26H34O6S2. The third kappa shape index (κ3) is 9.14. The minimum absolute atomic E-state index is 0.327. The number of hydrogen-bond acceptors (Lipinski definition) is 5. The monoisotopic (exact) mass is 506 g/mol. The Morgan fingerprint density at radius 3 is 1.65 bits per heavy atom. The summed E-state index contributed by atoms with van der Waals surface area (Å²) in [7, 11) is -2.29. The molecule has 0 aliphatic heterocycles. The van der Waals surface area contributed by atoms with Gasteiger partial charge in [-0.15, -0.1) is 0 Å². The number of esters is 1. The molecule has 8 heteroatoms. The summed E-state index contributed by atoms with van der Waals surface area (Å²) < 4.78 is 30.4. The zero-order valence-corrected chi connectivity index (χ0v) is 21.9. The van der Waals surface area contributed by atoms with E-state index < -0.39 is 38.4 Å². The molecule has 2 aromatic rings. The van der Waals surface area contributed by atoms with Gasteiger partial charge < -0.3 is 9.84 Å². The molecule has 2 unspecified atom stereocenters. The molecule has 2 aromatic carbocycles. The van der Waals surface area contributed by atoms with E-state index in [0.29, 0.717) is 41.6 Å². The summed E-state index contributed by atoms with van der Waals surface area (Å²) >= 11 is 0. The van der Waals surface area contributed by atoms with E-state index in [2.05, 4.69) is 0 Å². The molecule has 0 saturated carbocycles. The summed E-state index contributed by atoms with van der Waals surface area (Å²) in [6.45, 7) is 6.85. The lowest BCUT2D eigenvalue weighted by Gasteiger charge is -2.22. The minimum atomic E-state index is -1.15. The standard InChI is InChI=1S/C26H34O6S2/c1-25(2,23(27)28)14-16-33(30)18-20-10-12-21(13-11-20)19-34(31)17-15-26(3,4)24(29)32-22-8-6-5-7-9-22/h5-13H,14-19H2,1-4H3,(H,27,28). The maximum absolute atomic E-state index is 12.6. The SMILES string of the molecule is CC(C)(CCS(=O)Cc1ccc(CS(=O)CCC(C)(C)C(=O)Oc2ccccc2)cc1)C(=O)O. The van der Waals surface area contributed by atoms with E-state index in [-0.39, 0.29) is 5.97 Å². The van der Waals surface area contributed by atoms with Crippen LogP contribution < -0.4 is 4.74 Å². The lowest BCUT2D eigenvalue weighted by atomic mass is 9.90. The number of benzene rings is 2. The van der Waals surface area contributed by atoms with Gasteiger partial charge in [-0.05, 0) is 63.8 Å². The number of hydrogen-bond donors (Lipinski definition) is 1. The normalized spacial score (nSPS) is 13.8. The third-order valence-electron chi connectivity index (χ3n) is 5.67. The van der Waals surface area contributed by atoms with Crippen molar-refractivity contribution in [3.8, 4) is 5.75 Å². The van der Waals surface area contributed by atoms with Crippen molar-refractivity contribution in [1.82, 2.24) is 0 Å². The molecule has 2 atom stereocenters. The first kappa shape index (κ1) is 27.9. The maximum atomic E-state index is 12.6. The molecule has 186 valence electrons. The molecule has 0 saturated heterocycles. The molecule has 2 rings (SSSR count). The van der Waals surface area contributed by atoms with Crippen molar-refractivity contribution in [2.75, 3.05) is 11.5 Å². The van der Waals surface area contributed by atoms with Gasteiger partial charge in [0.1, 0.15) is 5.75 Å². The zero-order valence-electron chi connectivity index (χ0n) is 20.2. The average Bonchev–Trinajstić information content (AvgIpc) is 2.78. The lowest BCUT2D eigenvalue weighted by Crippen LogP contribution is -2.30. The van der Waals surface area contributed by atoms with Gasteiger partial charge in [0.25, 0.3) is 0 Å². The van der Waals surface area contributed by atoms with Gasteiger partial charge in [-0.25, -0.2) is 0 Å². The van der Waals surface area contributed by atoms with Gasteiger partial charge in [0, 0.05) is 44.6 Å². The van der Waals surface area contributed by atoms with Crippen molar-refractivity contribution in [1.29, 1.82) is 0 Å². The van der Waals surface area contributed by atoms with Crippen LogP contribution in [-0.2, 0) is 42.7 Å². The van der Waals surface area contributed by atoms with E-state index in [1.54, 1.807) is 52.0 Å². The number of rotatable bonds is 13. The molecule has 0 aliphatic rings. The largest absolute Gasteiger partial charge is 0.481 e. The Morgan fingerprint density at radius 2 is 1.21 bits per heavy atom. The molecule has 6 nitrogen and oxygen atoms in total. The summed E-state index contributed by atoms with van der Waals surface area (Å²) in [6, 6.07) is 16.4. The second-order valence-electron chi connectivity index (χ2n) is 9.67. The Balaban J connectivity index is 1.80. The molecule has 0 amide bonds. The van der Waals surface area contributed by atoms with E-state index in [1.807, 2.05) is 30.3 Å². The van der Waals surface area contributed by atoms with Crippen LogP contribution in [0.15, 0.2) is 54.6 Å². The first-order valence-electron chi connectivity index (χ1n) is 11.2. The van der Waals surface area contributed by atoms with Gasteiger partial charge in [-0.3, -0.25) is 18.0 Å². The number of carboxylic acids is 1. The average molecular weight is 507 g/mol. The molecule has 0 spiro atoms. The van der Waals surface area contributed by atoms with Crippen molar-refractivity contribution in [3.63, 3.8) is 0 Å². The molecule has 0 fully saturated rings.